The van der Waals surface area contributed by atoms with E-state index >= 15 is 0 Å². The summed E-state index contributed by atoms with van der Waals surface area (Å²) in [6.45, 7) is 0.520. The van der Waals surface area contributed by atoms with Gasteiger partial charge in [0.25, 0.3) is 11.3 Å². The number of pyridine rings is 1. The van der Waals surface area contributed by atoms with Crippen LogP contribution < -0.4 is 10.3 Å². The SMILES string of the molecule is COc1ccccc1CCn1ccc2c(nnc3ncnn32)c1=O. The van der Waals surface area contributed by atoms with Gasteiger partial charge in [-0.25, -0.2) is 0 Å². The number of ether oxygens (including phenoxy) is 1. The fraction of sp³-hybridized carbons (Fsp3) is 0.188. The lowest BCUT2D eigenvalue weighted by molar-refractivity contribution is 0.408. The summed E-state index contributed by atoms with van der Waals surface area (Å²) in [5.74, 6) is 1.18. The third-order valence-corrected chi connectivity index (χ3v) is 3.93. The number of aryl methyl sites for hydroxylation is 2. The zero-order chi connectivity index (χ0) is 16.5. The van der Waals surface area contributed by atoms with Gasteiger partial charge >= 0.3 is 0 Å². The molecule has 0 fully saturated rings. The topological polar surface area (TPSA) is 87.2 Å². The standard InChI is InChI=1S/C16H14N6O2/c1-24-13-5-3-2-4-11(13)6-8-21-9-7-12-14(15(21)23)19-20-16-17-10-18-22(12)16/h2-5,7,9-10H,6,8H2,1H3. The summed E-state index contributed by atoms with van der Waals surface area (Å²) in [5.41, 5.74) is 1.71. The summed E-state index contributed by atoms with van der Waals surface area (Å²) in [7, 11) is 1.64. The van der Waals surface area contributed by atoms with E-state index in [0.717, 1.165) is 11.3 Å². The van der Waals surface area contributed by atoms with Gasteiger partial charge in [0, 0.05) is 12.7 Å². The number of hydrogen-bond donors (Lipinski definition) is 0. The molecule has 8 nitrogen and oxygen atoms in total. The van der Waals surface area contributed by atoms with E-state index in [1.54, 1.807) is 23.9 Å². The molecular formula is C16H14N6O2. The van der Waals surface area contributed by atoms with E-state index in [2.05, 4.69) is 20.3 Å². The first-order chi connectivity index (χ1) is 11.8. The van der Waals surface area contributed by atoms with Gasteiger partial charge < -0.3 is 9.30 Å². The molecule has 0 aliphatic carbocycles. The van der Waals surface area contributed by atoms with Crippen LogP contribution >= 0.6 is 0 Å². The van der Waals surface area contributed by atoms with Crippen LogP contribution in [0.2, 0.25) is 0 Å². The Kier molecular flexibility index (Phi) is 3.42. The van der Waals surface area contributed by atoms with Gasteiger partial charge in [0.15, 0.2) is 5.52 Å². The molecule has 0 bridgehead atoms. The Bertz CT molecular complexity index is 1080. The molecule has 4 rings (SSSR count). The van der Waals surface area contributed by atoms with E-state index in [9.17, 15) is 4.79 Å². The van der Waals surface area contributed by atoms with Crippen LogP contribution in [0.25, 0.3) is 16.8 Å². The van der Waals surface area contributed by atoms with Crippen molar-refractivity contribution in [1.29, 1.82) is 0 Å². The maximum absolute atomic E-state index is 12.6. The molecule has 0 unspecified atom stereocenters. The van der Waals surface area contributed by atoms with Gasteiger partial charge in [0.05, 0.1) is 7.11 Å². The van der Waals surface area contributed by atoms with Gasteiger partial charge in [0.1, 0.15) is 17.6 Å². The number of aromatic nitrogens is 6. The van der Waals surface area contributed by atoms with Gasteiger partial charge in [0.2, 0.25) is 0 Å². The van der Waals surface area contributed by atoms with Crippen LogP contribution in [0.5, 0.6) is 5.75 Å². The molecule has 0 N–H and O–H groups in total. The molecule has 0 aliphatic heterocycles. The molecule has 0 saturated heterocycles. The molecule has 0 atom stereocenters. The van der Waals surface area contributed by atoms with E-state index in [0.29, 0.717) is 24.3 Å². The Morgan fingerprint density at radius 3 is 2.92 bits per heavy atom. The molecular weight excluding hydrogens is 308 g/mol. The summed E-state index contributed by atoms with van der Waals surface area (Å²) in [6, 6.07) is 9.57. The predicted molar refractivity (Wildman–Crippen MR) is 87.0 cm³/mol. The van der Waals surface area contributed by atoms with E-state index in [4.69, 9.17) is 4.74 Å². The number of fused-ring (bicyclic) bond motifs is 3. The van der Waals surface area contributed by atoms with Crippen molar-refractivity contribution in [3.63, 3.8) is 0 Å². The second-order valence-corrected chi connectivity index (χ2v) is 5.28. The highest BCUT2D eigenvalue weighted by atomic mass is 16.5. The number of para-hydroxylation sites is 1. The Hall–Kier alpha value is -3.29. The van der Waals surface area contributed by atoms with Crippen molar-refractivity contribution in [2.45, 2.75) is 13.0 Å². The Balaban J connectivity index is 1.71. The summed E-state index contributed by atoms with van der Waals surface area (Å²) < 4.78 is 8.47. The van der Waals surface area contributed by atoms with Gasteiger partial charge in [-0.3, -0.25) is 4.79 Å². The van der Waals surface area contributed by atoms with Crippen molar-refractivity contribution in [1.82, 2.24) is 29.4 Å². The largest absolute Gasteiger partial charge is 0.496 e. The molecule has 3 aromatic heterocycles. The third-order valence-electron chi connectivity index (χ3n) is 3.93. The highest BCUT2D eigenvalue weighted by Crippen LogP contribution is 2.18. The summed E-state index contributed by atoms with van der Waals surface area (Å²) >= 11 is 0. The van der Waals surface area contributed by atoms with Gasteiger partial charge in [-0.1, -0.05) is 18.2 Å². The monoisotopic (exact) mass is 322 g/mol. The third kappa shape index (κ3) is 2.28. The molecule has 24 heavy (non-hydrogen) atoms. The minimum atomic E-state index is -0.202. The van der Waals surface area contributed by atoms with Gasteiger partial charge in [-0.15, -0.1) is 10.2 Å². The minimum absolute atomic E-state index is 0.202. The molecule has 0 amide bonds. The van der Waals surface area contributed by atoms with Crippen LogP contribution in [-0.4, -0.2) is 36.5 Å². The average Bonchev–Trinajstić information content (AvgIpc) is 3.10. The maximum Gasteiger partial charge on any atom is 0.280 e. The molecule has 0 radical (unpaired) electrons. The zero-order valence-corrected chi connectivity index (χ0v) is 13.0. The van der Waals surface area contributed by atoms with Crippen LogP contribution in [0, 0.1) is 0 Å². The Labute approximate surface area is 136 Å². The number of methoxy groups -OCH3 is 1. The van der Waals surface area contributed by atoms with E-state index in [1.807, 2.05) is 24.3 Å². The fourth-order valence-corrected chi connectivity index (χ4v) is 2.71. The number of hydrogen-bond acceptors (Lipinski definition) is 6. The lowest BCUT2D eigenvalue weighted by Crippen LogP contribution is -2.22. The van der Waals surface area contributed by atoms with Crippen LogP contribution in [0.4, 0.5) is 0 Å². The van der Waals surface area contributed by atoms with E-state index < -0.39 is 0 Å². The Morgan fingerprint density at radius 1 is 1.17 bits per heavy atom. The lowest BCUT2D eigenvalue weighted by atomic mass is 10.1. The second-order valence-electron chi connectivity index (χ2n) is 5.28. The van der Waals surface area contributed by atoms with Crippen molar-refractivity contribution >= 4 is 16.8 Å². The second kappa shape index (κ2) is 5.73. The molecule has 1 aromatic carbocycles. The quantitative estimate of drug-likeness (QED) is 0.559. The molecule has 3 heterocycles. The van der Waals surface area contributed by atoms with Crippen molar-refractivity contribution in [2.24, 2.45) is 0 Å². The molecule has 8 heteroatoms. The van der Waals surface area contributed by atoms with Crippen molar-refractivity contribution in [3.05, 3.63) is 58.8 Å². The van der Waals surface area contributed by atoms with E-state index in [1.165, 1.54) is 10.8 Å². The highest BCUT2D eigenvalue weighted by molar-refractivity contribution is 5.74. The highest BCUT2D eigenvalue weighted by Gasteiger charge is 2.10. The van der Waals surface area contributed by atoms with Crippen molar-refractivity contribution in [3.8, 4) is 5.75 Å². The van der Waals surface area contributed by atoms with Crippen LogP contribution in [0.15, 0.2) is 47.7 Å². The van der Waals surface area contributed by atoms with E-state index in [-0.39, 0.29) is 11.1 Å². The van der Waals surface area contributed by atoms with Crippen LogP contribution in [0.1, 0.15) is 5.56 Å². The molecule has 0 spiro atoms. The van der Waals surface area contributed by atoms with Crippen LogP contribution in [0.3, 0.4) is 0 Å². The summed E-state index contributed by atoms with van der Waals surface area (Å²) in [5, 5.41) is 12.0. The number of rotatable bonds is 4. The normalized spacial score (nSPS) is 11.2. The molecule has 120 valence electrons. The first-order valence-electron chi connectivity index (χ1n) is 7.45. The summed E-state index contributed by atoms with van der Waals surface area (Å²) in [4.78, 5) is 16.6. The molecule has 0 saturated carbocycles. The summed E-state index contributed by atoms with van der Waals surface area (Å²) in [6.07, 6.45) is 3.80. The fourth-order valence-electron chi connectivity index (χ4n) is 2.71. The maximum atomic E-state index is 12.6. The predicted octanol–water partition coefficient (Wildman–Crippen LogP) is 1.09. The van der Waals surface area contributed by atoms with Gasteiger partial charge in [-0.05, 0) is 24.1 Å². The first kappa shape index (κ1) is 14.3. The average molecular weight is 322 g/mol. The van der Waals surface area contributed by atoms with Gasteiger partial charge in [-0.2, -0.15) is 14.6 Å². The number of benzene rings is 1. The Morgan fingerprint density at radius 2 is 2.04 bits per heavy atom. The van der Waals surface area contributed by atoms with Crippen molar-refractivity contribution in [2.75, 3.05) is 7.11 Å². The lowest BCUT2D eigenvalue weighted by Gasteiger charge is -2.10. The van der Waals surface area contributed by atoms with Crippen LogP contribution in [-0.2, 0) is 13.0 Å². The molecule has 0 aliphatic rings. The number of nitrogens with zero attached hydrogens (tertiary/aromatic N) is 6. The first-order valence-corrected chi connectivity index (χ1v) is 7.45. The smallest absolute Gasteiger partial charge is 0.280 e. The molecule has 4 aromatic rings. The van der Waals surface area contributed by atoms with Crippen molar-refractivity contribution < 1.29 is 4.74 Å². The zero-order valence-electron chi connectivity index (χ0n) is 13.0. The minimum Gasteiger partial charge on any atom is -0.496 e.